The molecule has 0 unspecified atom stereocenters. The van der Waals surface area contributed by atoms with Crippen molar-refractivity contribution in [3.05, 3.63) is 26.7 Å². The van der Waals surface area contributed by atoms with Crippen LogP contribution in [0.15, 0.2) is 15.1 Å². The van der Waals surface area contributed by atoms with Gasteiger partial charge in [-0.2, -0.15) is 0 Å². The van der Waals surface area contributed by atoms with Gasteiger partial charge >= 0.3 is 0 Å². The number of nitrogens with zero attached hydrogens (tertiary/aromatic N) is 1. The van der Waals surface area contributed by atoms with Crippen LogP contribution in [0.1, 0.15) is 12.1 Å². The lowest BCUT2D eigenvalue weighted by Gasteiger charge is -2.01. The van der Waals surface area contributed by atoms with Gasteiger partial charge < -0.3 is 0 Å². The summed E-state index contributed by atoms with van der Waals surface area (Å²) < 4.78 is 36.8. The molecule has 0 saturated carbocycles. The lowest BCUT2D eigenvalue weighted by atomic mass is 10.3. The zero-order chi connectivity index (χ0) is 9.30. The number of alkyl halides is 2. The molecule has 0 N–H and O–H groups in total. The van der Waals surface area contributed by atoms with Crippen molar-refractivity contribution in [1.29, 1.82) is 0 Å². The Balaban J connectivity index is 3.21. The average Bonchev–Trinajstić information content (AvgIpc) is 1.99. The number of pyridine rings is 1. The maximum Gasteiger partial charge on any atom is 0.280 e. The van der Waals surface area contributed by atoms with Gasteiger partial charge in [0.2, 0.25) is 0 Å². The van der Waals surface area contributed by atoms with E-state index in [1.165, 1.54) is 0 Å². The van der Waals surface area contributed by atoms with E-state index in [0.717, 1.165) is 0 Å². The molecule has 0 aliphatic carbocycles. The Bertz CT molecular complexity index is 280. The van der Waals surface area contributed by atoms with Crippen LogP contribution in [0, 0.1) is 5.82 Å². The normalized spacial score (nSPS) is 10.8. The first-order chi connectivity index (χ1) is 5.52. The molecule has 6 heteroatoms. The van der Waals surface area contributed by atoms with Gasteiger partial charge in [-0.3, -0.25) is 0 Å². The minimum Gasteiger partial charge on any atom is -0.239 e. The van der Waals surface area contributed by atoms with Gasteiger partial charge in [-0.25, -0.2) is 18.2 Å². The molecule has 66 valence electrons. The van der Waals surface area contributed by atoms with Crippen molar-refractivity contribution in [2.24, 2.45) is 0 Å². The number of hydrogen-bond acceptors (Lipinski definition) is 1. The second-order valence-corrected chi connectivity index (χ2v) is 3.48. The molecular weight excluding hydrogens is 303 g/mol. The van der Waals surface area contributed by atoms with Gasteiger partial charge in [0.1, 0.15) is 16.1 Å². The topological polar surface area (TPSA) is 12.9 Å². The molecule has 0 fully saturated rings. The van der Waals surface area contributed by atoms with Crippen LogP contribution in [0.3, 0.4) is 0 Å². The quantitative estimate of drug-likeness (QED) is 0.721. The highest BCUT2D eigenvalue weighted by Gasteiger charge is 2.14. The summed E-state index contributed by atoms with van der Waals surface area (Å²) in [5.74, 6) is -0.757. The van der Waals surface area contributed by atoms with Crippen molar-refractivity contribution in [3.63, 3.8) is 0 Å². The number of rotatable bonds is 1. The van der Waals surface area contributed by atoms with Gasteiger partial charge in [-0.1, -0.05) is 0 Å². The summed E-state index contributed by atoms with van der Waals surface area (Å²) in [7, 11) is 0. The molecule has 1 aromatic heterocycles. The first-order valence-electron chi connectivity index (χ1n) is 2.82. The van der Waals surface area contributed by atoms with Gasteiger partial charge in [-0.15, -0.1) is 0 Å². The van der Waals surface area contributed by atoms with Gasteiger partial charge in [0.25, 0.3) is 6.43 Å². The van der Waals surface area contributed by atoms with Crippen LogP contribution < -0.4 is 0 Å². The SMILES string of the molecule is Fc1cc(C(F)F)nc(Br)c1Br. The molecule has 0 aromatic carbocycles. The summed E-state index contributed by atoms with van der Waals surface area (Å²) in [6.45, 7) is 0. The zero-order valence-corrected chi connectivity index (χ0v) is 8.66. The summed E-state index contributed by atoms with van der Waals surface area (Å²) in [4.78, 5) is 3.41. The molecular formula is C6H2Br2F3N. The highest BCUT2D eigenvalue weighted by atomic mass is 79.9. The van der Waals surface area contributed by atoms with E-state index >= 15 is 0 Å². The standard InChI is InChI=1S/C6H2Br2F3N/c7-4-2(9)1-3(6(10)11)12-5(4)8/h1,6H. The first kappa shape index (κ1) is 9.98. The Morgan fingerprint density at radius 1 is 1.33 bits per heavy atom. The fourth-order valence-corrected chi connectivity index (χ4v) is 1.20. The lowest BCUT2D eigenvalue weighted by Crippen LogP contribution is -1.93. The minimum absolute atomic E-state index is 0.0396. The fourth-order valence-electron chi connectivity index (χ4n) is 0.598. The van der Waals surface area contributed by atoms with Crippen molar-refractivity contribution >= 4 is 31.9 Å². The zero-order valence-electron chi connectivity index (χ0n) is 5.49. The predicted octanol–water partition coefficient (Wildman–Crippen LogP) is 3.68. The van der Waals surface area contributed by atoms with Gasteiger partial charge in [0, 0.05) is 6.07 Å². The van der Waals surface area contributed by atoms with Crippen LogP contribution in [0.4, 0.5) is 13.2 Å². The molecule has 1 rings (SSSR count). The maximum atomic E-state index is 12.8. The molecule has 0 aliphatic rings. The molecule has 0 radical (unpaired) electrons. The van der Waals surface area contributed by atoms with Crippen molar-refractivity contribution in [2.75, 3.05) is 0 Å². The summed E-state index contributed by atoms with van der Waals surface area (Å²) >= 11 is 5.67. The van der Waals surface area contributed by atoms with E-state index in [0.29, 0.717) is 6.07 Å². The van der Waals surface area contributed by atoms with E-state index in [1.54, 1.807) is 0 Å². The van der Waals surface area contributed by atoms with Gasteiger partial charge in [-0.05, 0) is 31.9 Å². The molecule has 0 amide bonds. The Labute approximate surface area is 83.2 Å². The molecule has 1 nitrogen and oxygen atoms in total. The van der Waals surface area contributed by atoms with Crippen LogP contribution >= 0.6 is 31.9 Å². The van der Waals surface area contributed by atoms with Crippen molar-refractivity contribution in [2.45, 2.75) is 6.43 Å². The average molecular weight is 305 g/mol. The van der Waals surface area contributed by atoms with Crippen LogP contribution in [-0.2, 0) is 0 Å². The molecule has 1 heterocycles. The van der Waals surface area contributed by atoms with Crippen molar-refractivity contribution < 1.29 is 13.2 Å². The maximum absolute atomic E-state index is 12.8. The Morgan fingerprint density at radius 3 is 2.33 bits per heavy atom. The Morgan fingerprint density at radius 2 is 1.92 bits per heavy atom. The van der Waals surface area contributed by atoms with Crippen LogP contribution in [0.25, 0.3) is 0 Å². The van der Waals surface area contributed by atoms with E-state index in [4.69, 9.17) is 0 Å². The molecule has 0 saturated heterocycles. The van der Waals surface area contributed by atoms with E-state index in [-0.39, 0.29) is 9.08 Å². The smallest absolute Gasteiger partial charge is 0.239 e. The van der Waals surface area contributed by atoms with Gasteiger partial charge in [0.15, 0.2) is 0 Å². The van der Waals surface area contributed by atoms with Crippen LogP contribution in [0.2, 0.25) is 0 Å². The van der Waals surface area contributed by atoms with E-state index < -0.39 is 17.9 Å². The minimum atomic E-state index is -2.76. The summed E-state index contributed by atoms with van der Waals surface area (Å²) in [6, 6.07) is 0.694. The monoisotopic (exact) mass is 303 g/mol. The van der Waals surface area contributed by atoms with E-state index in [2.05, 4.69) is 36.8 Å². The number of hydrogen-bond donors (Lipinski definition) is 0. The largest absolute Gasteiger partial charge is 0.280 e. The third-order valence-electron chi connectivity index (χ3n) is 1.12. The third kappa shape index (κ3) is 1.98. The Hall–Kier alpha value is -0.100. The second kappa shape index (κ2) is 3.74. The molecule has 0 spiro atoms. The molecule has 0 bridgehead atoms. The number of halogens is 5. The lowest BCUT2D eigenvalue weighted by molar-refractivity contribution is 0.145. The molecule has 0 atom stereocenters. The highest BCUT2D eigenvalue weighted by molar-refractivity contribution is 9.13. The summed E-state index contributed by atoms with van der Waals surface area (Å²) in [5, 5.41) is 0. The summed E-state index contributed by atoms with van der Waals surface area (Å²) in [5.41, 5.74) is -0.581. The molecule has 0 aliphatic heterocycles. The predicted molar refractivity (Wildman–Crippen MR) is 44.6 cm³/mol. The molecule has 12 heavy (non-hydrogen) atoms. The van der Waals surface area contributed by atoms with E-state index in [1.807, 2.05) is 0 Å². The fraction of sp³-hybridized carbons (Fsp3) is 0.167. The van der Waals surface area contributed by atoms with E-state index in [9.17, 15) is 13.2 Å². The first-order valence-corrected chi connectivity index (χ1v) is 4.40. The van der Waals surface area contributed by atoms with Gasteiger partial charge in [0.05, 0.1) is 4.47 Å². The number of aromatic nitrogens is 1. The summed E-state index contributed by atoms with van der Waals surface area (Å²) in [6.07, 6.45) is -2.76. The highest BCUT2D eigenvalue weighted by Crippen LogP contribution is 2.27. The van der Waals surface area contributed by atoms with Crippen LogP contribution in [-0.4, -0.2) is 4.98 Å². The third-order valence-corrected chi connectivity index (χ3v) is 2.98. The molecule has 1 aromatic rings. The second-order valence-electron chi connectivity index (χ2n) is 1.93. The van der Waals surface area contributed by atoms with Crippen molar-refractivity contribution in [1.82, 2.24) is 4.98 Å². The van der Waals surface area contributed by atoms with Crippen LogP contribution in [0.5, 0.6) is 0 Å². The van der Waals surface area contributed by atoms with Crippen molar-refractivity contribution in [3.8, 4) is 0 Å². The Kier molecular flexibility index (Phi) is 3.11.